The minimum Gasteiger partial charge on any atom is -0.489 e. The van der Waals surface area contributed by atoms with Crippen molar-refractivity contribution in [3.8, 4) is 11.8 Å². The van der Waals surface area contributed by atoms with E-state index in [4.69, 9.17) is 4.74 Å². The molecule has 2 aliphatic heterocycles. The van der Waals surface area contributed by atoms with Gasteiger partial charge in [-0.25, -0.2) is 0 Å². The maximum Gasteiger partial charge on any atom is 0.240 e. The third kappa shape index (κ3) is 4.20. The molecule has 5 heteroatoms. The van der Waals surface area contributed by atoms with E-state index < -0.39 is 0 Å². The minimum absolute atomic E-state index is 0.0830. The van der Waals surface area contributed by atoms with Gasteiger partial charge in [0.2, 0.25) is 5.91 Å². The first-order valence-corrected chi connectivity index (χ1v) is 10.8. The van der Waals surface area contributed by atoms with Crippen molar-refractivity contribution in [2.24, 2.45) is 0 Å². The van der Waals surface area contributed by atoms with Gasteiger partial charge in [-0.15, -0.1) is 0 Å². The highest BCUT2D eigenvalue weighted by Crippen LogP contribution is 2.34. The van der Waals surface area contributed by atoms with E-state index in [0.29, 0.717) is 19.1 Å². The van der Waals surface area contributed by atoms with Crippen molar-refractivity contribution in [1.82, 2.24) is 10.2 Å². The summed E-state index contributed by atoms with van der Waals surface area (Å²) in [6, 6.07) is 16.2. The van der Waals surface area contributed by atoms with Gasteiger partial charge in [-0.2, -0.15) is 5.26 Å². The minimum atomic E-state index is -0.261. The molecule has 2 aliphatic rings. The van der Waals surface area contributed by atoms with Crippen LogP contribution in [0.25, 0.3) is 0 Å². The SMILES string of the molecule is Cc1cc(OCc2ccccc2)cc(C)c1[C@@H]1CN[C@H](C(=O)N2CCC[C@H]2C#N)C1. The van der Waals surface area contributed by atoms with Crippen molar-refractivity contribution < 1.29 is 9.53 Å². The average molecular weight is 404 g/mol. The molecule has 0 bridgehead atoms. The predicted octanol–water partition coefficient (Wildman–Crippen LogP) is 3.84. The summed E-state index contributed by atoms with van der Waals surface area (Å²) >= 11 is 0. The van der Waals surface area contributed by atoms with Crippen LogP contribution >= 0.6 is 0 Å². The standard InChI is InChI=1S/C25H29N3O2/c1-17-11-22(30-16-19-7-4-3-5-8-19)12-18(2)24(17)20-13-23(27-15-20)25(29)28-10-6-9-21(28)14-26/h3-5,7-8,11-12,20-21,23,27H,6,9-10,13,15-16H2,1-2H3/t20-,21-,23-/m0/s1. The van der Waals surface area contributed by atoms with Crippen molar-refractivity contribution in [3.63, 3.8) is 0 Å². The first kappa shape index (κ1) is 20.4. The summed E-state index contributed by atoms with van der Waals surface area (Å²) in [6.45, 7) is 6.29. The number of hydrogen-bond donors (Lipinski definition) is 1. The highest BCUT2D eigenvalue weighted by Gasteiger charge is 2.38. The number of rotatable bonds is 5. The number of nitrogens with zero attached hydrogens (tertiary/aromatic N) is 2. The van der Waals surface area contributed by atoms with Gasteiger partial charge in [0, 0.05) is 13.1 Å². The van der Waals surface area contributed by atoms with Gasteiger partial charge < -0.3 is 15.0 Å². The molecule has 0 saturated carbocycles. The highest BCUT2D eigenvalue weighted by molar-refractivity contribution is 5.83. The average Bonchev–Trinajstić information content (AvgIpc) is 3.42. The number of carbonyl (C=O) groups is 1. The molecule has 0 unspecified atom stereocenters. The first-order valence-electron chi connectivity index (χ1n) is 10.8. The van der Waals surface area contributed by atoms with Gasteiger partial charge in [-0.1, -0.05) is 30.3 Å². The first-order chi connectivity index (χ1) is 14.6. The Bertz CT molecular complexity index is 928. The summed E-state index contributed by atoms with van der Waals surface area (Å²) in [7, 11) is 0. The zero-order valence-corrected chi connectivity index (χ0v) is 17.7. The van der Waals surface area contributed by atoms with Crippen molar-refractivity contribution >= 4 is 5.91 Å². The lowest BCUT2D eigenvalue weighted by molar-refractivity contribution is -0.133. The third-order valence-corrected chi connectivity index (χ3v) is 6.34. The summed E-state index contributed by atoms with van der Waals surface area (Å²) in [4.78, 5) is 14.7. The van der Waals surface area contributed by atoms with Crippen LogP contribution in [-0.4, -0.2) is 36.0 Å². The van der Waals surface area contributed by atoms with Crippen LogP contribution in [0.15, 0.2) is 42.5 Å². The molecule has 2 aromatic carbocycles. The predicted molar refractivity (Wildman–Crippen MR) is 116 cm³/mol. The van der Waals surface area contributed by atoms with E-state index in [1.165, 1.54) is 16.7 Å². The summed E-state index contributed by atoms with van der Waals surface area (Å²) in [6.07, 6.45) is 2.49. The fraction of sp³-hybridized carbons (Fsp3) is 0.440. The number of benzene rings is 2. The Balaban J connectivity index is 1.43. The Labute approximate surface area is 178 Å². The number of likely N-dealkylation sites (tertiary alicyclic amines) is 1. The van der Waals surface area contributed by atoms with Crippen LogP contribution < -0.4 is 10.1 Å². The van der Waals surface area contributed by atoms with E-state index in [1.54, 1.807) is 4.90 Å². The number of nitrogens with one attached hydrogen (secondary N) is 1. The molecule has 2 aromatic rings. The monoisotopic (exact) mass is 403 g/mol. The van der Waals surface area contributed by atoms with Crippen molar-refractivity contribution in [3.05, 3.63) is 64.7 Å². The molecule has 2 saturated heterocycles. The normalized spacial score (nSPS) is 23.4. The number of ether oxygens (including phenoxy) is 1. The number of nitriles is 1. The van der Waals surface area contributed by atoms with E-state index >= 15 is 0 Å². The zero-order chi connectivity index (χ0) is 21.1. The maximum atomic E-state index is 12.9. The molecule has 0 spiro atoms. The van der Waals surface area contributed by atoms with E-state index in [2.05, 4.69) is 49.5 Å². The number of aryl methyl sites for hydroxylation is 2. The van der Waals surface area contributed by atoms with Crippen LogP contribution in [0.5, 0.6) is 5.75 Å². The summed E-state index contributed by atoms with van der Waals surface area (Å²) < 4.78 is 6.02. The Morgan fingerprint density at radius 2 is 1.97 bits per heavy atom. The van der Waals surface area contributed by atoms with E-state index in [-0.39, 0.29) is 18.0 Å². The van der Waals surface area contributed by atoms with Gasteiger partial charge in [0.15, 0.2) is 0 Å². The maximum absolute atomic E-state index is 12.9. The molecule has 0 radical (unpaired) electrons. The molecular weight excluding hydrogens is 374 g/mol. The fourth-order valence-electron chi connectivity index (χ4n) is 4.91. The quantitative estimate of drug-likeness (QED) is 0.824. The highest BCUT2D eigenvalue weighted by atomic mass is 16.5. The van der Waals surface area contributed by atoms with Crippen LogP contribution in [0, 0.1) is 25.2 Å². The molecule has 30 heavy (non-hydrogen) atoms. The van der Waals surface area contributed by atoms with Crippen LogP contribution in [0.1, 0.15) is 47.4 Å². The second kappa shape index (κ2) is 8.89. The lowest BCUT2D eigenvalue weighted by atomic mass is 9.88. The van der Waals surface area contributed by atoms with Gasteiger partial charge in [0.05, 0.1) is 12.1 Å². The Kier molecular flexibility index (Phi) is 6.06. The van der Waals surface area contributed by atoms with Gasteiger partial charge >= 0.3 is 0 Å². The molecule has 4 rings (SSSR count). The van der Waals surface area contributed by atoms with Crippen molar-refractivity contribution in [2.75, 3.05) is 13.1 Å². The lowest BCUT2D eigenvalue weighted by Gasteiger charge is -2.23. The van der Waals surface area contributed by atoms with Crippen LogP contribution in [0.2, 0.25) is 0 Å². The molecule has 156 valence electrons. The molecule has 3 atom stereocenters. The zero-order valence-electron chi connectivity index (χ0n) is 17.7. The van der Waals surface area contributed by atoms with Gasteiger partial charge in [0.1, 0.15) is 18.4 Å². The number of hydrogen-bond acceptors (Lipinski definition) is 4. The number of carbonyl (C=O) groups excluding carboxylic acids is 1. The lowest BCUT2D eigenvalue weighted by Crippen LogP contribution is -2.45. The van der Waals surface area contributed by atoms with E-state index in [1.807, 2.05) is 18.2 Å². The van der Waals surface area contributed by atoms with Crippen LogP contribution in [0.3, 0.4) is 0 Å². The van der Waals surface area contributed by atoms with Crippen LogP contribution in [-0.2, 0) is 11.4 Å². The number of amides is 1. The van der Waals surface area contributed by atoms with Gasteiger partial charge in [0.25, 0.3) is 0 Å². The topological polar surface area (TPSA) is 65.4 Å². The molecule has 5 nitrogen and oxygen atoms in total. The smallest absolute Gasteiger partial charge is 0.240 e. The third-order valence-electron chi connectivity index (χ3n) is 6.34. The van der Waals surface area contributed by atoms with Gasteiger partial charge in [-0.3, -0.25) is 4.79 Å². The van der Waals surface area contributed by atoms with Gasteiger partial charge in [-0.05, 0) is 73.4 Å². The fourth-order valence-corrected chi connectivity index (χ4v) is 4.91. The van der Waals surface area contributed by atoms with E-state index in [0.717, 1.165) is 37.1 Å². The van der Waals surface area contributed by atoms with E-state index in [9.17, 15) is 10.1 Å². The van der Waals surface area contributed by atoms with Crippen molar-refractivity contribution in [1.29, 1.82) is 5.26 Å². The Hall–Kier alpha value is -2.84. The summed E-state index contributed by atoms with van der Waals surface area (Å²) in [5.41, 5.74) is 4.86. The molecule has 0 aliphatic carbocycles. The largest absolute Gasteiger partial charge is 0.489 e. The second-order valence-corrected chi connectivity index (χ2v) is 8.46. The second-order valence-electron chi connectivity index (χ2n) is 8.46. The molecular formula is C25H29N3O2. The molecule has 2 fully saturated rings. The Morgan fingerprint density at radius 3 is 2.67 bits per heavy atom. The molecule has 0 aromatic heterocycles. The summed E-state index contributed by atoms with van der Waals surface area (Å²) in [5.74, 6) is 1.26. The molecule has 2 heterocycles. The van der Waals surface area contributed by atoms with Crippen molar-refractivity contribution in [2.45, 2.75) is 57.7 Å². The van der Waals surface area contributed by atoms with Crippen LogP contribution in [0.4, 0.5) is 0 Å². The Morgan fingerprint density at radius 1 is 1.23 bits per heavy atom. The molecule has 1 N–H and O–H groups in total. The summed E-state index contributed by atoms with van der Waals surface area (Å²) in [5, 5.41) is 12.7. The molecule has 1 amide bonds.